The van der Waals surface area contributed by atoms with Gasteiger partial charge in [-0.15, -0.1) is 0 Å². The highest BCUT2D eigenvalue weighted by Crippen LogP contribution is 2.21. The molecule has 1 aliphatic rings. The number of carbonyl (C=O) groups excluding carboxylic acids is 1. The van der Waals surface area contributed by atoms with Gasteiger partial charge in [-0.3, -0.25) is 9.52 Å². The van der Waals surface area contributed by atoms with E-state index >= 15 is 0 Å². The lowest BCUT2D eigenvalue weighted by Crippen LogP contribution is -2.47. The highest BCUT2D eigenvalue weighted by molar-refractivity contribution is 7.92. The van der Waals surface area contributed by atoms with E-state index in [2.05, 4.69) is 4.72 Å². The summed E-state index contributed by atoms with van der Waals surface area (Å²) in [4.78, 5) is 14.7. The highest BCUT2D eigenvalue weighted by atomic mass is 32.2. The molecule has 1 heterocycles. The molecule has 138 valence electrons. The molecule has 0 aromatic heterocycles. The Kier molecular flexibility index (Phi) is 5.29. The Morgan fingerprint density at radius 3 is 2.69 bits per heavy atom. The molecule has 0 radical (unpaired) electrons. The van der Waals surface area contributed by atoms with Crippen molar-refractivity contribution in [2.75, 3.05) is 24.5 Å². The first-order valence-corrected chi connectivity index (χ1v) is 9.94. The summed E-state index contributed by atoms with van der Waals surface area (Å²) in [6.07, 6.45) is 0. The second kappa shape index (κ2) is 7.47. The smallest absolute Gasteiger partial charge is 0.262 e. The summed E-state index contributed by atoms with van der Waals surface area (Å²) in [6.45, 7) is 5.22. The molecule has 0 bridgehead atoms. The van der Waals surface area contributed by atoms with E-state index in [9.17, 15) is 13.2 Å². The van der Waals surface area contributed by atoms with Gasteiger partial charge in [-0.05, 0) is 43.7 Å². The van der Waals surface area contributed by atoms with E-state index in [0.29, 0.717) is 36.6 Å². The molecule has 26 heavy (non-hydrogen) atoms. The maximum atomic E-state index is 12.7. The lowest BCUT2D eigenvalue weighted by atomic mass is 10.1. The van der Waals surface area contributed by atoms with Crippen LogP contribution in [0.1, 0.15) is 22.8 Å². The van der Waals surface area contributed by atoms with E-state index in [4.69, 9.17) is 4.74 Å². The minimum atomic E-state index is -3.72. The Bertz CT molecular complexity index is 911. The number of ether oxygens (including phenoxy) is 1. The first-order chi connectivity index (χ1) is 12.4. The van der Waals surface area contributed by atoms with Gasteiger partial charge in [0.05, 0.1) is 24.2 Å². The summed E-state index contributed by atoms with van der Waals surface area (Å²) >= 11 is 0. The third kappa shape index (κ3) is 3.89. The maximum Gasteiger partial charge on any atom is 0.262 e. The molecule has 1 atom stereocenters. The van der Waals surface area contributed by atoms with Crippen molar-refractivity contribution in [3.63, 3.8) is 0 Å². The molecule has 1 aliphatic heterocycles. The van der Waals surface area contributed by atoms with E-state index in [1.807, 2.05) is 6.92 Å². The zero-order valence-corrected chi connectivity index (χ0v) is 15.6. The number of amides is 1. The van der Waals surface area contributed by atoms with Crippen LogP contribution in [0.25, 0.3) is 0 Å². The molecular formula is C19H22N2O4S. The number of nitrogens with zero attached hydrogens (tertiary/aromatic N) is 1. The van der Waals surface area contributed by atoms with E-state index in [1.54, 1.807) is 60.4 Å². The predicted molar refractivity (Wildman–Crippen MR) is 99.7 cm³/mol. The third-order valence-corrected chi connectivity index (χ3v) is 5.91. The van der Waals surface area contributed by atoms with Crippen molar-refractivity contribution in [1.82, 2.24) is 4.90 Å². The molecule has 1 amide bonds. The fraction of sp³-hybridized carbons (Fsp3) is 0.316. The lowest BCUT2D eigenvalue weighted by Gasteiger charge is -2.33. The Morgan fingerprint density at radius 1 is 1.19 bits per heavy atom. The van der Waals surface area contributed by atoms with Crippen molar-refractivity contribution in [2.45, 2.75) is 24.8 Å². The monoisotopic (exact) mass is 374 g/mol. The first-order valence-electron chi connectivity index (χ1n) is 8.46. The summed E-state index contributed by atoms with van der Waals surface area (Å²) in [5.41, 5.74) is 1.47. The van der Waals surface area contributed by atoms with Gasteiger partial charge >= 0.3 is 0 Å². The third-order valence-electron chi connectivity index (χ3n) is 4.37. The van der Waals surface area contributed by atoms with E-state index in [1.165, 1.54) is 0 Å². The Labute approximate surface area is 153 Å². The van der Waals surface area contributed by atoms with Crippen molar-refractivity contribution in [2.24, 2.45) is 0 Å². The predicted octanol–water partition coefficient (Wildman–Crippen LogP) is 2.66. The molecule has 1 fully saturated rings. The van der Waals surface area contributed by atoms with E-state index < -0.39 is 10.0 Å². The molecule has 1 saturated heterocycles. The fourth-order valence-corrected chi connectivity index (χ4v) is 4.28. The standard InChI is InChI=1S/C19H22N2O4S/c1-14-6-3-4-9-18(14)26(23,24)20-17-8-5-7-16(12-17)19(22)21-10-11-25-13-15(21)2/h3-9,12,15,20H,10-11,13H2,1-2H3. The molecule has 3 rings (SSSR count). The Balaban J connectivity index is 1.83. The Hall–Kier alpha value is -2.38. The van der Waals surface area contributed by atoms with Crippen LogP contribution in [0, 0.1) is 6.92 Å². The van der Waals surface area contributed by atoms with Gasteiger partial charge in [0, 0.05) is 17.8 Å². The van der Waals surface area contributed by atoms with Crippen LogP contribution in [0.5, 0.6) is 0 Å². The summed E-state index contributed by atoms with van der Waals surface area (Å²) < 4.78 is 33.2. The normalized spacial score (nSPS) is 17.8. The van der Waals surface area contributed by atoms with Crippen LogP contribution in [0.4, 0.5) is 5.69 Å². The summed E-state index contributed by atoms with van der Waals surface area (Å²) in [7, 11) is -3.72. The molecule has 2 aromatic carbocycles. The van der Waals surface area contributed by atoms with Crippen molar-refractivity contribution in [3.8, 4) is 0 Å². The van der Waals surface area contributed by atoms with Crippen LogP contribution >= 0.6 is 0 Å². The van der Waals surface area contributed by atoms with Crippen LogP contribution in [-0.2, 0) is 14.8 Å². The van der Waals surface area contributed by atoms with Gasteiger partial charge in [0.1, 0.15) is 0 Å². The van der Waals surface area contributed by atoms with Crippen LogP contribution in [0.2, 0.25) is 0 Å². The lowest BCUT2D eigenvalue weighted by molar-refractivity contribution is 0.00360. The fourth-order valence-electron chi connectivity index (χ4n) is 2.98. The number of hydrogen-bond donors (Lipinski definition) is 1. The number of sulfonamides is 1. The number of morpholine rings is 1. The Morgan fingerprint density at radius 2 is 1.96 bits per heavy atom. The average molecular weight is 374 g/mol. The average Bonchev–Trinajstić information content (AvgIpc) is 2.61. The molecule has 7 heteroatoms. The van der Waals surface area contributed by atoms with E-state index in [-0.39, 0.29) is 16.8 Å². The molecular weight excluding hydrogens is 352 g/mol. The number of benzene rings is 2. The van der Waals surface area contributed by atoms with Crippen molar-refractivity contribution < 1.29 is 17.9 Å². The van der Waals surface area contributed by atoms with Crippen molar-refractivity contribution in [1.29, 1.82) is 0 Å². The van der Waals surface area contributed by atoms with Crippen molar-refractivity contribution >= 4 is 21.6 Å². The van der Waals surface area contributed by atoms with Gasteiger partial charge in [0.25, 0.3) is 15.9 Å². The minimum absolute atomic E-state index is 0.0106. The molecule has 6 nitrogen and oxygen atoms in total. The number of nitrogens with one attached hydrogen (secondary N) is 1. The van der Waals surface area contributed by atoms with Gasteiger partial charge in [-0.25, -0.2) is 8.42 Å². The summed E-state index contributed by atoms with van der Waals surface area (Å²) in [6, 6.07) is 13.3. The largest absolute Gasteiger partial charge is 0.377 e. The number of carbonyl (C=O) groups is 1. The SMILES string of the molecule is Cc1ccccc1S(=O)(=O)Nc1cccc(C(=O)N2CCOCC2C)c1. The molecule has 1 unspecified atom stereocenters. The molecule has 0 spiro atoms. The molecule has 1 N–H and O–H groups in total. The van der Waals surface area contributed by atoms with Gasteiger partial charge in [0.15, 0.2) is 0 Å². The van der Waals surface area contributed by atoms with Crippen LogP contribution in [-0.4, -0.2) is 45.0 Å². The number of hydrogen-bond acceptors (Lipinski definition) is 4. The maximum absolute atomic E-state index is 12.7. The number of rotatable bonds is 4. The van der Waals surface area contributed by atoms with Gasteiger partial charge < -0.3 is 9.64 Å². The summed E-state index contributed by atoms with van der Waals surface area (Å²) in [5, 5.41) is 0. The zero-order valence-electron chi connectivity index (χ0n) is 14.8. The van der Waals surface area contributed by atoms with Crippen molar-refractivity contribution in [3.05, 3.63) is 59.7 Å². The van der Waals surface area contributed by atoms with Gasteiger partial charge in [-0.2, -0.15) is 0 Å². The van der Waals surface area contributed by atoms with E-state index in [0.717, 1.165) is 0 Å². The minimum Gasteiger partial charge on any atom is -0.377 e. The molecule has 0 aliphatic carbocycles. The van der Waals surface area contributed by atoms with Gasteiger partial charge in [0.2, 0.25) is 0 Å². The van der Waals surface area contributed by atoms with Crippen LogP contribution in [0.3, 0.4) is 0 Å². The second-order valence-electron chi connectivity index (χ2n) is 6.37. The second-order valence-corrected chi connectivity index (χ2v) is 8.03. The first kappa shape index (κ1) is 18.4. The molecule has 2 aromatic rings. The van der Waals surface area contributed by atoms with Gasteiger partial charge in [-0.1, -0.05) is 24.3 Å². The molecule has 0 saturated carbocycles. The summed E-state index contributed by atoms with van der Waals surface area (Å²) in [5.74, 6) is -0.127. The quantitative estimate of drug-likeness (QED) is 0.893. The zero-order chi connectivity index (χ0) is 18.7. The highest BCUT2D eigenvalue weighted by Gasteiger charge is 2.25. The number of anilines is 1. The topological polar surface area (TPSA) is 75.7 Å². The number of aryl methyl sites for hydroxylation is 1. The van der Waals surface area contributed by atoms with Crippen LogP contribution in [0.15, 0.2) is 53.4 Å². The van der Waals surface area contributed by atoms with Crippen LogP contribution < -0.4 is 4.72 Å².